The summed E-state index contributed by atoms with van der Waals surface area (Å²) >= 11 is 12.2. The smallest absolute Gasteiger partial charge is 0.255 e. The number of rotatable bonds is 2. The molecule has 3 aromatic rings. The summed E-state index contributed by atoms with van der Waals surface area (Å²) in [5, 5.41) is 3.66. The molecule has 4 rings (SSSR count). The second-order valence-corrected chi connectivity index (χ2v) is 7.92. The SMILES string of the molecule is Cc1ccc2c(c1)C(c1ccccc1)N(C(=O)c1cc(Cl)cc(Cl)c1)CC(=O)N2. The van der Waals surface area contributed by atoms with E-state index in [4.69, 9.17) is 23.2 Å². The maximum atomic E-state index is 13.5. The normalized spacial score (nSPS) is 16.0. The lowest BCUT2D eigenvalue weighted by Gasteiger charge is -2.31. The molecule has 0 aromatic heterocycles. The monoisotopic (exact) mass is 424 g/mol. The van der Waals surface area contributed by atoms with E-state index in [2.05, 4.69) is 5.32 Å². The molecule has 0 bridgehead atoms. The number of halogens is 2. The fourth-order valence-corrected chi connectivity index (χ4v) is 4.18. The second-order valence-electron chi connectivity index (χ2n) is 7.04. The average molecular weight is 425 g/mol. The van der Waals surface area contributed by atoms with Gasteiger partial charge in [-0.05, 0) is 36.8 Å². The molecule has 1 atom stereocenters. The number of nitrogens with one attached hydrogen (secondary N) is 1. The highest BCUT2D eigenvalue weighted by Gasteiger charge is 2.34. The summed E-state index contributed by atoms with van der Waals surface area (Å²) in [6.45, 7) is 1.90. The summed E-state index contributed by atoms with van der Waals surface area (Å²) in [5.41, 5.74) is 3.86. The van der Waals surface area contributed by atoms with Crippen molar-refractivity contribution in [3.63, 3.8) is 0 Å². The highest BCUT2D eigenvalue weighted by atomic mass is 35.5. The molecular weight excluding hydrogens is 407 g/mol. The Bertz CT molecular complexity index is 1080. The number of anilines is 1. The van der Waals surface area contributed by atoms with Crippen LogP contribution in [0, 0.1) is 6.92 Å². The number of nitrogens with zero attached hydrogens (tertiary/aromatic N) is 1. The van der Waals surface area contributed by atoms with Crippen LogP contribution in [-0.4, -0.2) is 23.3 Å². The van der Waals surface area contributed by atoms with Gasteiger partial charge in [-0.25, -0.2) is 0 Å². The first kappa shape index (κ1) is 19.5. The Morgan fingerprint density at radius 3 is 2.38 bits per heavy atom. The first-order chi connectivity index (χ1) is 13.9. The predicted molar refractivity (Wildman–Crippen MR) is 116 cm³/mol. The van der Waals surface area contributed by atoms with Gasteiger partial charge in [0.05, 0.1) is 6.04 Å². The zero-order chi connectivity index (χ0) is 20.5. The Hall–Kier alpha value is -2.82. The molecule has 1 aliphatic heterocycles. The zero-order valence-corrected chi connectivity index (χ0v) is 17.2. The number of carbonyl (C=O) groups is 2. The van der Waals surface area contributed by atoms with E-state index in [0.29, 0.717) is 21.3 Å². The number of benzene rings is 3. The molecule has 146 valence electrons. The maximum absolute atomic E-state index is 13.5. The third kappa shape index (κ3) is 4.00. The van der Waals surface area contributed by atoms with Gasteiger partial charge in [-0.2, -0.15) is 0 Å². The summed E-state index contributed by atoms with van der Waals surface area (Å²) in [7, 11) is 0. The number of hydrogen-bond acceptors (Lipinski definition) is 2. The molecule has 0 fully saturated rings. The van der Waals surface area contributed by atoms with Crippen molar-refractivity contribution in [1.82, 2.24) is 4.90 Å². The Morgan fingerprint density at radius 2 is 1.69 bits per heavy atom. The van der Waals surface area contributed by atoms with Crippen LogP contribution in [0.2, 0.25) is 10.0 Å². The lowest BCUT2D eigenvalue weighted by Crippen LogP contribution is -2.39. The van der Waals surface area contributed by atoms with Gasteiger partial charge in [-0.3, -0.25) is 9.59 Å². The van der Waals surface area contributed by atoms with Gasteiger partial charge in [-0.15, -0.1) is 0 Å². The summed E-state index contributed by atoms with van der Waals surface area (Å²) in [4.78, 5) is 27.7. The van der Waals surface area contributed by atoms with Crippen LogP contribution in [0.15, 0.2) is 66.7 Å². The maximum Gasteiger partial charge on any atom is 0.255 e. The fourth-order valence-electron chi connectivity index (χ4n) is 3.65. The van der Waals surface area contributed by atoms with Gasteiger partial charge in [0.1, 0.15) is 6.54 Å². The molecule has 2 amide bonds. The quantitative estimate of drug-likeness (QED) is 0.591. The van der Waals surface area contributed by atoms with Crippen LogP contribution < -0.4 is 5.32 Å². The molecule has 0 saturated carbocycles. The van der Waals surface area contributed by atoms with E-state index in [1.807, 2.05) is 55.5 Å². The average Bonchev–Trinajstić information content (AvgIpc) is 2.83. The van der Waals surface area contributed by atoms with E-state index in [0.717, 1.165) is 16.7 Å². The standard InChI is InChI=1S/C23H18Cl2N2O2/c1-14-7-8-20-19(9-14)22(15-5-3-2-4-6-15)27(13-21(28)26-20)23(29)16-10-17(24)12-18(25)11-16/h2-12,22H,13H2,1H3,(H,26,28). The molecule has 0 radical (unpaired) electrons. The fraction of sp³-hybridized carbons (Fsp3) is 0.130. The Balaban J connectivity index is 1.90. The molecule has 6 heteroatoms. The number of hydrogen-bond donors (Lipinski definition) is 1. The molecule has 0 aliphatic carbocycles. The summed E-state index contributed by atoms with van der Waals surface area (Å²) in [6, 6.07) is 19.8. The van der Waals surface area contributed by atoms with Crippen LogP contribution in [0.25, 0.3) is 0 Å². The molecule has 0 spiro atoms. The number of fused-ring (bicyclic) bond motifs is 1. The van der Waals surface area contributed by atoms with Crippen LogP contribution in [0.3, 0.4) is 0 Å². The molecule has 3 aromatic carbocycles. The van der Waals surface area contributed by atoms with E-state index in [1.54, 1.807) is 23.1 Å². The highest BCUT2D eigenvalue weighted by Crippen LogP contribution is 2.37. The molecular formula is C23H18Cl2N2O2. The van der Waals surface area contributed by atoms with E-state index in [9.17, 15) is 9.59 Å². The van der Waals surface area contributed by atoms with Crippen LogP contribution in [0.5, 0.6) is 0 Å². The molecule has 29 heavy (non-hydrogen) atoms. The summed E-state index contributed by atoms with van der Waals surface area (Å²) < 4.78 is 0. The first-order valence-corrected chi connectivity index (χ1v) is 9.90. The number of carbonyl (C=O) groups excluding carboxylic acids is 2. The molecule has 1 unspecified atom stereocenters. The van der Waals surface area contributed by atoms with Crippen molar-refractivity contribution < 1.29 is 9.59 Å². The van der Waals surface area contributed by atoms with Gasteiger partial charge in [0.15, 0.2) is 0 Å². The highest BCUT2D eigenvalue weighted by molar-refractivity contribution is 6.35. The van der Waals surface area contributed by atoms with Crippen molar-refractivity contribution in [2.24, 2.45) is 0 Å². The topological polar surface area (TPSA) is 49.4 Å². The van der Waals surface area contributed by atoms with Gasteiger partial charge in [0.25, 0.3) is 5.91 Å². The van der Waals surface area contributed by atoms with Crippen molar-refractivity contribution in [3.8, 4) is 0 Å². The van der Waals surface area contributed by atoms with Gasteiger partial charge in [0, 0.05) is 26.9 Å². The second kappa shape index (κ2) is 7.90. The van der Waals surface area contributed by atoms with Crippen molar-refractivity contribution in [3.05, 3.63) is 99.0 Å². The summed E-state index contributed by atoms with van der Waals surface area (Å²) in [6.07, 6.45) is 0. The third-order valence-corrected chi connectivity index (χ3v) is 5.32. The Labute approximate surface area is 179 Å². The van der Waals surface area contributed by atoms with E-state index >= 15 is 0 Å². The zero-order valence-electron chi connectivity index (χ0n) is 15.7. The lowest BCUT2D eigenvalue weighted by molar-refractivity contribution is -0.117. The Morgan fingerprint density at radius 1 is 1.00 bits per heavy atom. The van der Waals surface area contributed by atoms with E-state index < -0.39 is 6.04 Å². The van der Waals surface area contributed by atoms with E-state index in [1.165, 1.54) is 0 Å². The molecule has 1 heterocycles. The predicted octanol–water partition coefficient (Wildman–Crippen LogP) is 5.49. The van der Waals surface area contributed by atoms with E-state index in [-0.39, 0.29) is 18.4 Å². The van der Waals surface area contributed by atoms with Crippen LogP contribution in [0.4, 0.5) is 5.69 Å². The van der Waals surface area contributed by atoms with Gasteiger partial charge < -0.3 is 10.2 Å². The van der Waals surface area contributed by atoms with Crippen LogP contribution >= 0.6 is 23.2 Å². The van der Waals surface area contributed by atoms with Gasteiger partial charge in [-0.1, -0.05) is 71.2 Å². The van der Waals surface area contributed by atoms with Gasteiger partial charge >= 0.3 is 0 Å². The summed E-state index contributed by atoms with van der Waals surface area (Å²) in [5.74, 6) is -0.567. The molecule has 0 saturated heterocycles. The lowest BCUT2D eigenvalue weighted by atomic mass is 9.94. The Kier molecular flexibility index (Phi) is 5.31. The van der Waals surface area contributed by atoms with Crippen molar-refractivity contribution in [2.45, 2.75) is 13.0 Å². The molecule has 1 aliphatic rings. The minimum atomic E-state index is -0.435. The first-order valence-electron chi connectivity index (χ1n) is 9.15. The minimum absolute atomic E-state index is 0.0870. The largest absolute Gasteiger partial charge is 0.324 e. The van der Waals surface area contributed by atoms with Crippen LogP contribution in [-0.2, 0) is 4.79 Å². The molecule has 4 nitrogen and oxygen atoms in total. The number of amides is 2. The third-order valence-electron chi connectivity index (χ3n) is 4.89. The van der Waals surface area contributed by atoms with Crippen molar-refractivity contribution >= 4 is 40.7 Å². The number of aryl methyl sites for hydroxylation is 1. The minimum Gasteiger partial charge on any atom is -0.324 e. The van der Waals surface area contributed by atoms with Crippen LogP contribution in [0.1, 0.15) is 33.1 Å². The van der Waals surface area contributed by atoms with Crippen molar-refractivity contribution in [2.75, 3.05) is 11.9 Å². The van der Waals surface area contributed by atoms with Crippen molar-refractivity contribution in [1.29, 1.82) is 0 Å². The van der Waals surface area contributed by atoms with Gasteiger partial charge in [0.2, 0.25) is 5.91 Å². The molecule has 1 N–H and O–H groups in total.